The summed E-state index contributed by atoms with van der Waals surface area (Å²) in [5.41, 5.74) is 2.51. The Labute approximate surface area is 154 Å². The number of para-hydroxylation sites is 2. The van der Waals surface area contributed by atoms with Gasteiger partial charge in [0.15, 0.2) is 5.78 Å². The van der Waals surface area contributed by atoms with Gasteiger partial charge >= 0.3 is 0 Å². The number of amides is 1. The Morgan fingerprint density at radius 3 is 2.35 bits per heavy atom. The van der Waals surface area contributed by atoms with Crippen LogP contribution in [-0.4, -0.2) is 22.8 Å². The van der Waals surface area contributed by atoms with E-state index in [1.807, 2.05) is 79.2 Å². The summed E-state index contributed by atoms with van der Waals surface area (Å²) in [6.07, 6.45) is 3.17. The summed E-state index contributed by atoms with van der Waals surface area (Å²) < 4.78 is 1.90. The van der Waals surface area contributed by atoms with E-state index in [1.165, 1.54) is 0 Å². The number of fused-ring (bicyclic) bond motifs is 1. The number of hydrogen-bond acceptors (Lipinski definition) is 2. The highest BCUT2D eigenvalue weighted by molar-refractivity contribution is 6.08. The predicted octanol–water partition coefficient (Wildman–Crippen LogP) is 4.68. The number of Topliss-reactive ketones (excluding diaryl/α,β-unsaturated/α-hetero) is 1. The molecular formula is C22H24N2O2. The minimum absolute atomic E-state index is 0.00828. The van der Waals surface area contributed by atoms with Crippen LogP contribution in [0.2, 0.25) is 0 Å². The van der Waals surface area contributed by atoms with Crippen LogP contribution in [0.4, 0.5) is 5.69 Å². The topological polar surface area (TPSA) is 42.3 Å². The van der Waals surface area contributed by atoms with Gasteiger partial charge in [0.2, 0.25) is 5.91 Å². The second-order valence-electron chi connectivity index (χ2n) is 6.33. The molecule has 0 unspecified atom stereocenters. The van der Waals surface area contributed by atoms with Gasteiger partial charge < -0.3 is 9.47 Å². The van der Waals surface area contributed by atoms with Crippen LogP contribution >= 0.6 is 0 Å². The fourth-order valence-electron chi connectivity index (χ4n) is 3.30. The van der Waals surface area contributed by atoms with Crippen molar-refractivity contribution in [1.82, 2.24) is 4.57 Å². The average Bonchev–Trinajstić information content (AvgIpc) is 3.02. The molecule has 0 spiro atoms. The standard InChI is InChI=1S/C22H24N2O2/c1-3-10-21(25)19-15-23(20-14-9-8-13-18(19)20)16-22(26)24(4-2)17-11-6-5-7-12-17/h5-9,11-15H,3-4,10,16H2,1-2H3. The number of aromatic nitrogens is 1. The number of rotatable bonds is 7. The van der Waals surface area contributed by atoms with Crippen LogP contribution in [0.5, 0.6) is 0 Å². The van der Waals surface area contributed by atoms with Crippen molar-refractivity contribution in [3.63, 3.8) is 0 Å². The first kappa shape index (κ1) is 17.9. The molecule has 0 aliphatic carbocycles. The van der Waals surface area contributed by atoms with E-state index in [0.717, 1.165) is 23.0 Å². The minimum Gasteiger partial charge on any atom is -0.337 e. The number of carbonyl (C=O) groups is 2. The number of ketones is 1. The van der Waals surface area contributed by atoms with Crippen LogP contribution in [0.1, 0.15) is 37.0 Å². The van der Waals surface area contributed by atoms with E-state index in [1.54, 1.807) is 4.90 Å². The molecule has 4 heteroatoms. The molecule has 0 aliphatic heterocycles. The second kappa shape index (κ2) is 8.00. The van der Waals surface area contributed by atoms with Crippen molar-refractivity contribution in [2.24, 2.45) is 0 Å². The van der Waals surface area contributed by atoms with Crippen LogP contribution in [0.3, 0.4) is 0 Å². The predicted molar refractivity (Wildman–Crippen MR) is 106 cm³/mol. The Kier molecular flexibility index (Phi) is 5.52. The van der Waals surface area contributed by atoms with Crippen LogP contribution in [0, 0.1) is 0 Å². The number of anilines is 1. The van der Waals surface area contributed by atoms with Gasteiger partial charge in [0.05, 0.1) is 0 Å². The van der Waals surface area contributed by atoms with Crippen molar-refractivity contribution in [1.29, 1.82) is 0 Å². The van der Waals surface area contributed by atoms with E-state index in [-0.39, 0.29) is 18.2 Å². The quantitative estimate of drug-likeness (QED) is 0.582. The molecule has 0 atom stereocenters. The smallest absolute Gasteiger partial charge is 0.246 e. The summed E-state index contributed by atoms with van der Waals surface area (Å²) in [6.45, 7) is 4.78. The maximum absolute atomic E-state index is 12.9. The van der Waals surface area contributed by atoms with Crippen LogP contribution in [0.15, 0.2) is 60.8 Å². The number of likely N-dealkylation sites (N-methyl/N-ethyl adjacent to an activating group) is 1. The fourth-order valence-corrected chi connectivity index (χ4v) is 3.30. The Bertz CT molecular complexity index is 912. The molecule has 0 saturated heterocycles. The summed E-state index contributed by atoms with van der Waals surface area (Å²) in [5.74, 6) is 0.138. The van der Waals surface area contributed by atoms with Crippen LogP contribution < -0.4 is 4.90 Å². The molecule has 0 aliphatic rings. The first-order valence-corrected chi connectivity index (χ1v) is 9.12. The SMILES string of the molecule is CCCC(=O)c1cn(CC(=O)N(CC)c2ccccc2)c2ccccc12. The maximum Gasteiger partial charge on any atom is 0.246 e. The third kappa shape index (κ3) is 3.54. The van der Waals surface area contributed by atoms with E-state index in [2.05, 4.69) is 0 Å². The third-order valence-corrected chi connectivity index (χ3v) is 4.56. The van der Waals surface area contributed by atoms with Gasteiger partial charge in [0, 0.05) is 41.3 Å². The summed E-state index contributed by atoms with van der Waals surface area (Å²) in [4.78, 5) is 27.1. The lowest BCUT2D eigenvalue weighted by Crippen LogP contribution is -2.33. The third-order valence-electron chi connectivity index (χ3n) is 4.56. The van der Waals surface area contributed by atoms with E-state index in [0.29, 0.717) is 18.5 Å². The Balaban J connectivity index is 1.93. The summed E-state index contributed by atoms with van der Waals surface area (Å²) in [6, 6.07) is 17.4. The normalized spacial score (nSPS) is 10.8. The minimum atomic E-state index is 0.00828. The molecule has 0 fully saturated rings. The van der Waals surface area contributed by atoms with Crippen LogP contribution in [0.25, 0.3) is 10.9 Å². The van der Waals surface area contributed by atoms with Gasteiger partial charge in [-0.05, 0) is 31.5 Å². The lowest BCUT2D eigenvalue weighted by Gasteiger charge is -2.21. The van der Waals surface area contributed by atoms with Gasteiger partial charge in [0.25, 0.3) is 0 Å². The van der Waals surface area contributed by atoms with E-state index in [9.17, 15) is 9.59 Å². The zero-order valence-electron chi connectivity index (χ0n) is 15.3. The molecule has 3 aromatic rings. The molecule has 1 heterocycles. The van der Waals surface area contributed by atoms with Crippen molar-refractivity contribution in [3.8, 4) is 0 Å². The molecule has 4 nitrogen and oxygen atoms in total. The maximum atomic E-state index is 12.9. The highest BCUT2D eigenvalue weighted by Crippen LogP contribution is 2.24. The van der Waals surface area contributed by atoms with Crippen molar-refractivity contribution in [3.05, 3.63) is 66.4 Å². The molecule has 0 radical (unpaired) electrons. The largest absolute Gasteiger partial charge is 0.337 e. The van der Waals surface area contributed by atoms with Gasteiger partial charge in [-0.3, -0.25) is 9.59 Å². The molecule has 134 valence electrons. The lowest BCUT2D eigenvalue weighted by molar-refractivity contribution is -0.119. The summed E-state index contributed by atoms with van der Waals surface area (Å²) in [7, 11) is 0. The Morgan fingerprint density at radius 1 is 0.962 bits per heavy atom. The number of carbonyl (C=O) groups excluding carboxylic acids is 2. The molecule has 2 aromatic carbocycles. The van der Waals surface area contributed by atoms with Crippen molar-refractivity contribution in [2.45, 2.75) is 33.2 Å². The van der Waals surface area contributed by atoms with Gasteiger partial charge in [-0.25, -0.2) is 0 Å². The van der Waals surface area contributed by atoms with Gasteiger partial charge in [-0.15, -0.1) is 0 Å². The van der Waals surface area contributed by atoms with Gasteiger partial charge in [-0.1, -0.05) is 43.3 Å². The molecule has 26 heavy (non-hydrogen) atoms. The molecule has 3 rings (SSSR count). The lowest BCUT2D eigenvalue weighted by atomic mass is 10.1. The molecule has 1 amide bonds. The fraction of sp³-hybridized carbons (Fsp3) is 0.273. The van der Waals surface area contributed by atoms with Gasteiger partial charge in [-0.2, -0.15) is 0 Å². The highest BCUT2D eigenvalue weighted by atomic mass is 16.2. The van der Waals surface area contributed by atoms with Gasteiger partial charge in [0.1, 0.15) is 6.54 Å². The van der Waals surface area contributed by atoms with E-state index in [4.69, 9.17) is 0 Å². The summed E-state index contributed by atoms with van der Waals surface area (Å²) >= 11 is 0. The van der Waals surface area contributed by atoms with Crippen molar-refractivity contribution < 1.29 is 9.59 Å². The van der Waals surface area contributed by atoms with E-state index < -0.39 is 0 Å². The molecule has 0 N–H and O–H groups in total. The van der Waals surface area contributed by atoms with Crippen LogP contribution in [-0.2, 0) is 11.3 Å². The average molecular weight is 348 g/mol. The van der Waals surface area contributed by atoms with Crippen molar-refractivity contribution >= 4 is 28.3 Å². The zero-order valence-corrected chi connectivity index (χ0v) is 15.3. The number of benzene rings is 2. The Morgan fingerprint density at radius 2 is 1.65 bits per heavy atom. The molecule has 0 bridgehead atoms. The molecular weight excluding hydrogens is 324 g/mol. The van der Waals surface area contributed by atoms with E-state index >= 15 is 0 Å². The molecule has 0 saturated carbocycles. The number of hydrogen-bond donors (Lipinski definition) is 0. The number of nitrogens with zero attached hydrogens (tertiary/aromatic N) is 2. The second-order valence-corrected chi connectivity index (χ2v) is 6.33. The van der Waals surface area contributed by atoms with Crippen molar-refractivity contribution in [2.75, 3.05) is 11.4 Å². The summed E-state index contributed by atoms with van der Waals surface area (Å²) in [5, 5.41) is 0.918. The Hall–Kier alpha value is -2.88. The zero-order chi connectivity index (χ0) is 18.5. The first-order chi connectivity index (χ1) is 12.7. The highest BCUT2D eigenvalue weighted by Gasteiger charge is 2.18. The first-order valence-electron chi connectivity index (χ1n) is 9.12. The molecule has 1 aromatic heterocycles. The monoisotopic (exact) mass is 348 g/mol.